The number of hydrogen-bond donors (Lipinski definition) is 3. The van der Waals surface area contributed by atoms with Crippen molar-refractivity contribution in [2.45, 2.75) is 17.9 Å². The van der Waals surface area contributed by atoms with Crippen LogP contribution in [0.5, 0.6) is 5.75 Å². The van der Waals surface area contributed by atoms with Gasteiger partial charge in [0.15, 0.2) is 16.9 Å². The van der Waals surface area contributed by atoms with E-state index in [1.54, 1.807) is 6.20 Å². The number of piperazine rings is 1. The van der Waals surface area contributed by atoms with E-state index in [9.17, 15) is 0 Å². The number of nitrogens with one attached hydrogen (secondary N) is 2. The zero-order chi connectivity index (χ0) is 24.4. The third kappa shape index (κ3) is 3.32. The second kappa shape index (κ2) is 7.87. The molecule has 2 aromatic carbocycles. The van der Waals surface area contributed by atoms with Crippen LogP contribution in [0.25, 0.3) is 27.8 Å². The van der Waals surface area contributed by atoms with E-state index in [-0.39, 0.29) is 11.0 Å². The summed E-state index contributed by atoms with van der Waals surface area (Å²) in [4.78, 5) is 14.2. The van der Waals surface area contributed by atoms with Gasteiger partial charge < -0.3 is 24.3 Å². The zero-order valence-corrected chi connectivity index (χ0v) is 20.9. The standard InChI is InChI=1S/C26H26N8OS/c1-26-15-32(2)9-10-34(26)21-6-5-18(12-22(21)35-25(26)36)29-23-24-27-7-8-33(24)14-20(30-23)16-3-4-17-13-28-31-19(17)11-16/h3-8,11-14,25,36H,9-10,15H2,1-2H3,(H,28,31)(H,29,30)/t25-,26-/m1/s1. The number of fused-ring (bicyclic) bond motifs is 5. The Kier molecular flexibility index (Phi) is 4.71. The second-order valence-electron chi connectivity index (χ2n) is 9.83. The van der Waals surface area contributed by atoms with E-state index < -0.39 is 0 Å². The van der Waals surface area contributed by atoms with E-state index >= 15 is 0 Å². The first-order valence-electron chi connectivity index (χ1n) is 12.0. The molecule has 10 heteroatoms. The summed E-state index contributed by atoms with van der Waals surface area (Å²) in [6.07, 6.45) is 7.51. The summed E-state index contributed by atoms with van der Waals surface area (Å²) in [5, 5.41) is 11.7. The number of H-pyrrole nitrogens is 1. The van der Waals surface area contributed by atoms with Crippen molar-refractivity contribution < 1.29 is 4.74 Å². The highest BCUT2D eigenvalue weighted by atomic mass is 32.1. The van der Waals surface area contributed by atoms with Gasteiger partial charge in [-0.05, 0) is 32.2 Å². The minimum atomic E-state index is -0.235. The second-order valence-corrected chi connectivity index (χ2v) is 10.3. The first-order valence-corrected chi connectivity index (χ1v) is 12.5. The first kappa shape index (κ1) is 21.5. The molecule has 0 amide bonds. The molecule has 36 heavy (non-hydrogen) atoms. The lowest BCUT2D eigenvalue weighted by molar-refractivity contribution is 0.108. The minimum absolute atomic E-state index is 0.189. The molecule has 2 atom stereocenters. The van der Waals surface area contributed by atoms with Gasteiger partial charge in [0, 0.05) is 60.9 Å². The molecule has 7 rings (SSSR count). The van der Waals surface area contributed by atoms with E-state index in [0.717, 1.165) is 64.6 Å². The Morgan fingerprint density at radius 3 is 3.03 bits per heavy atom. The molecule has 2 aliphatic rings. The number of imidazole rings is 1. The van der Waals surface area contributed by atoms with Crippen molar-refractivity contribution in [2.75, 3.05) is 36.9 Å². The number of aromatic nitrogens is 5. The van der Waals surface area contributed by atoms with Crippen LogP contribution in [0.3, 0.4) is 0 Å². The van der Waals surface area contributed by atoms with Crippen LogP contribution in [0, 0.1) is 0 Å². The number of rotatable bonds is 3. The highest BCUT2D eigenvalue weighted by Crippen LogP contribution is 2.45. The lowest BCUT2D eigenvalue weighted by Gasteiger charge is -2.54. The van der Waals surface area contributed by atoms with Crippen molar-refractivity contribution in [3.05, 3.63) is 61.2 Å². The summed E-state index contributed by atoms with van der Waals surface area (Å²) in [6, 6.07) is 12.4. The highest BCUT2D eigenvalue weighted by molar-refractivity contribution is 7.80. The molecule has 5 heterocycles. The average Bonchev–Trinajstić information content (AvgIpc) is 3.53. The van der Waals surface area contributed by atoms with Crippen LogP contribution in [0.15, 0.2) is 61.2 Å². The van der Waals surface area contributed by atoms with Gasteiger partial charge in [-0.3, -0.25) is 5.10 Å². The number of hydrogen-bond acceptors (Lipinski definition) is 8. The molecule has 9 nitrogen and oxygen atoms in total. The normalized spacial score (nSPS) is 21.9. The van der Waals surface area contributed by atoms with Gasteiger partial charge in [-0.2, -0.15) is 5.10 Å². The van der Waals surface area contributed by atoms with Crippen LogP contribution in [0.4, 0.5) is 17.2 Å². The molecule has 3 aromatic heterocycles. The van der Waals surface area contributed by atoms with Crippen LogP contribution in [0.2, 0.25) is 0 Å². The fraction of sp³-hybridized carbons (Fsp3) is 0.269. The summed E-state index contributed by atoms with van der Waals surface area (Å²) in [5.74, 6) is 1.49. The lowest BCUT2D eigenvalue weighted by atomic mass is 9.94. The molecule has 0 spiro atoms. The molecule has 182 valence electrons. The summed E-state index contributed by atoms with van der Waals surface area (Å²) in [6.45, 7) is 5.07. The molecule has 1 saturated heterocycles. The predicted octanol–water partition coefficient (Wildman–Crippen LogP) is 4.18. The molecule has 2 aliphatic heterocycles. The highest BCUT2D eigenvalue weighted by Gasteiger charge is 2.47. The van der Waals surface area contributed by atoms with E-state index in [1.807, 2.05) is 35.1 Å². The van der Waals surface area contributed by atoms with Gasteiger partial charge in [0.1, 0.15) is 5.75 Å². The smallest absolute Gasteiger partial charge is 0.180 e. The van der Waals surface area contributed by atoms with Crippen molar-refractivity contribution in [2.24, 2.45) is 0 Å². The maximum Gasteiger partial charge on any atom is 0.180 e. The Hall–Kier alpha value is -3.76. The summed E-state index contributed by atoms with van der Waals surface area (Å²) in [5.41, 5.74) is 5.10. The number of aromatic amines is 1. The van der Waals surface area contributed by atoms with E-state index in [4.69, 9.17) is 22.3 Å². The quantitative estimate of drug-likeness (QED) is 0.322. The number of nitrogens with zero attached hydrogens (tertiary/aromatic N) is 6. The molecule has 0 radical (unpaired) electrons. The third-order valence-corrected chi connectivity index (χ3v) is 7.97. The van der Waals surface area contributed by atoms with Gasteiger partial charge in [-0.1, -0.05) is 12.1 Å². The number of benzene rings is 2. The monoisotopic (exact) mass is 498 g/mol. The Morgan fingerprint density at radius 1 is 1.19 bits per heavy atom. The van der Waals surface area contributed by atoms with E-state index in [2.05, 4.69) is 68.5 Å². The molecule has 0 unspecified atom stereocenters. The number of thiol groups is 1. The Labute approximate surface area is 213 Å². The topological polar surface area (TPSA) is 86.6 Å². The Morgan fingerprint density at radius 2 is 2.11 bits per heavy atom. The maximum atomic E-state index is 6.33. The molecule has 0 aliphatic carbocycles. The predicted molar refractivity (Wildman–Crippen MR) is 144 cm³/mol. The van der Waals surface area contributed by atoms with Crippen LogP contribution >= 0.6 is 12.6 Å². The van der Waals surface area contributed by atoms with Crippen molar-refractivity contribution in [1.82, 2.24) is 29.5 Å². The third-order valence-electron chi connectivity index (χ3n) is 7.31. The number of anilines is 3. The average molecular weight is 499 g/mol. The Bertz CT molecular complexity index is 1610. The lowest BCUT2D eigenvalue weighted by Crippen LogP contribution is -2.67. The van der Waals surface area contributed by atoms with Gasteiger partial charge in [0.05, 0.1) is 28.6 Å². The van der Waals surface area contributed by atoms with Gasteiger partial charge >= 0.3 is 0 Å². The molecular weight excluding hydrogens is 472 g/mol. The fourth-order valence-electron chi connectivity index (χ4n) is 5.39. The van der Waals surface area contributed by atoms with Gasteiger partial charge in [-0.25, -0.2) is 9.97 Å². The van der Waals surface area contributed by atoms with Crippen LogP contribution in [0.1, 0.15) is 6.92 Å². The van der Waals surface area contributed by atoms with Crippen LogP contribution in [-0.2, 0) is 0 Å². The van der Waals surface area contributed by atoms with Crippen LogP contribution < -0.4 is 15.0 Å². The van der Waals surface area contributed by atoms with Crippen molar-refractivity contribution in [3.8, 4) is 17.0 Å². The maximum absolute atomic E-state index is 6.33. The Balaban J connectivity index is 1.26. The SMILES string of the molecule is CN1CCN2c3ccc(Nc4nc(-c5ccc6cn[nH]c6c5)cn5ccnc45)cc3O[C@H](S)[C@@]2(C)C1. The summed E-state index contributed by atoms with van der Waals surface area (Å²) in [7, 11) is 2.15. The molecular formula is C26H26N8OS. The molecule has 5 aromatic rings. The van der Waals surface area contributed by atoms with E-state index in [1.165, 1.54) is 0 Å². The minimum Gasteiger partial charge on any atom is -0.475 e. The zero-order valence-electron chi connectivity index (χ0n) is 20.0. The van der Waals surface area contributed by atoms with Crippen LogP contribution in [-0.4, -0.2) is 67.1 Å². The number of likely N-dealkylation sites (N-methyl/N-ethyl adjacent to an activating group) is 1. The molecule has 0 bridgehead atoms. The van der Waals surface area contributed by atoms with Crippen molar-refractivity contribution >= 4 is 46.4 Å². The van der Waals surface area contributed by atoms with Gasteiger partial charge in [0.25, 0.3) is 0 Å². The van der Waals surface area contributed by atoms with Crippen molar-refractivity contribution in [3.63, 3.8) is 0 Å². The largest absolute Gasteiger partial charge is 0.475 e. The first-order chi connectivity index (χ1) is 17.5. The number of ether oxygens (including phenoxy) is 1. The molecule has 2 N–H and O–H groups in total. The molecule has 1 fully saturated rings. The van der Waals surface area contributed by atoms with Crippen molar-refractivity contribution in [1.29, 1.82) is 0 Å². The summed E-state index contributed by atoms with van der Waals surface area (Å²) < 4.78 is 8.32. The van der Waals surface area contributed by atoms with Gasteiger partial charge in [-0.15, -0.1) is 12.6 Å². The fourth-order valence-corrected chi connectivity index (χ4v) is 5.72. The summed E-state index contributed by atoms with van der Waals surface area (Å²) >= 11 is 4.84. The van der Waals surface area contributed by atoms with E-state index in [0.29, 0.717) is 5.82 Å². The molecule has 0 saturated carbocycles. The van der Waals surface area contributed by atoms with Gasteiger partial charge in [0.2, 0.25) is 0 Å².